The van der Waals surface area contributed by atoms with Crippen molar-refractivity contribution in [3.8, 4) is 5.75 Å². The van der Waals surface area contributed by atoms with Crippen molar-refractivity contribution in [2.24, 2.45) is 0 Å². The van der Waals surface area contributed by atoms with E-state index in [1.165, 1.54) is 6.20 Å². The molecule has 1 aromatic heterocycles. The van der Waals surface area contributed by atoms with Gasteiger partial charge in [-0.15, -0.1) is 0 Å². The number of aromatic amines is 1. The van der Waals surface area contributed by atoms with Crippen LogP contribution in [0.15, 0.2) is 53.5 Å². The summed E-state index contributed by atoms with van der Waals surface area (Å²) < 4.78 is 5.06. The number of methoxy groups -OCH3 is 1. The van der Waals surface area contributed by atoms with E-state index in [4.69, 9.17) is 16.3 Å². The van der Waals surface area contributed by atoms with E-state index in [2.05, 4.69) is 10.3 Å². The fourth-order valence-corrected chi connectivity index (χ4v) is 2.41. The maximum atomic E-state index is 12.4. The largest absolute Gasteiger partial charge is 0.497 e. The number of carbonyl (C=O) groups excluding carboxylic acids is 1. The van der Waals surface area contributed by atoms with Gasteiger partial charge in [-0.2, -0.15) is 0 Å². The van der Waals surface area contributed by atoms with Crippen molar-refractivity contribution in [1.82, 2.24) is 4.98 Å². The zero-order chi connectivity index (χ0) is 16.4. The molecule has 0 aliphatic rings. The summed E-state index contributed by atoms with van der Waals surface area (Å²) in [5.74, 6) is 0.205. The topological polar surface area (TPSA) is 71.2 Å². The first-order valence-electron chi connectivity index (χ1n) is 6.85. The number of fused-ring (bicyclic) bond motifs is 1. The van der Waals surface area contributed by atoms with Crippen LogP contribution in [0.5, 0.6) is 5.75 Å². The molecule has 0 spiro atoms. The Morgan fingerprint density at radius 2 is 1.91 bits per heavy atom. The number of anilines is 1. The van der Waals surface area contributed by atoms with Gasteiger partial charge in [0.15, 0.2) is 0 Å². The fraction of sp³-hybridized carbons (Fsp3) is 0.0588. The quantitative estimate of drug-likeness (QED) is 0.773. The van der Waals surface area contributed by atoms with Gasteiger partial charge in [0.05, 0.1) is 12.6 Å². The van der Waals surface area contributed by atoms with Gasteiger partial charge in [-0.3, -0.25) is 9.59 Å². The molecule has 0 aliphatic carbocycles. The number of H-pyrrole nitrogens is 1. The third kappa shape index (κ3) is 3.05. The van der Waals surface area contributed by atoms with Crippen LogP contribution in [0, 0.1) is 0 Å². The van der Waals surface area contributed by atoms with Crippen LogP contribution >= 0.6 is 11.6 Å². The molecule has 1 heterocycles. The second-order valence-electron chi connectivity index (χ2n) is 4.90. The van der Waals surface area contributed by atoms with Crippen molar-refractivity contribution in [1.29, 1.82) is 0 Å². The summed E-state index contributed by atoms with van der Waals surface area (Å²) >= 11 is 5.89. The highest BCUT2D eigenvalue weighted by Gasteiger charge is 2.13. The lowest BCUT2D eigenvalue weighted by Gasteiger charge is -2.07. The number of carbonyl (C=O) groups is 1. The zero-order valence-corrected chi connectivity index (χ0v) is 13.0. The highest BCUT2D eigenvalue weighted by atomic mass is 35.5. The lowest BCUT2D eigenvalue weighted by Crippen LogP contribution is -2.21. The summed E-state index contributed by atoms with van der Waals surface area (Å²) in [5.41, 5.74) is 0.854. The average Bonchev–Trinajstić information content (AvgIpc) is 2.55. The van der Waals surface area contributed by atoms with Gasteiger partial charge in [0.2, 0.25) is 5.43 Å². The molecule has 0 saturated heterocycles. The molecule has 1 amide bonds. The molecule has 6 heteroatoms. The maximum absolute atomic E-state index is 12.4. The van der Waals surface area contributed by atoms with Crippen molar-refractivity contribution in [2.75, 3.05) is 12.4 Å². The average molecular weight is 329 g/mol. The van der Waals surface area contributed by atoms with Crippen LogP contribution in [0.2, 0.25) is 5.02 Å². The lowest BCUT2D eigenvalue weighted by atomic mass is 10.1. The monoisotopic (exact) mass is 328 g/mol. The van der Waals surface area contributed by atoms with Gasteiger partial charge in [-0.25, -0.2) is 0 Å². The van der Waals surface area contributed by atoms with Crippen molar-refractivity contribution >= 4 is 34.1 Å². The standard InChI is InChI=1S/C17H13ClN2O3/c1-23-12-5-3-11(4-6-12)20-17(22)14-9-19-15-8-10(18)2-7-13(15)16(14)21/h2-9H,1H3,(H,19,21)(H,20,22). The summed E-state index contributed by atoms with van der Waals surface area (Å²) in [7, 11) is 1.56. The van der Waals surface area contributed by atoms with Gasteiger partial charge in [-0.1, -0.05) is 11.6 Å². The molecular formula is C17H13ClN2O3. The zero-order valence-electron chi connectivity index (χ0n) is 12.2. The number of benzene rings is 2. The number of halogens is 1. The van der Waals surface area contributed by atoms with Gasteiger partial charge < -0.3 is 15.0 Å². The highest BCUT2D eigenvalue weighted by molar-refractivity contribution is 6.31. The lowest BCUT2D eigenvalue weighted by molar-refractivity contribution is 0.102. The molecular weight excluding hydrogens is 316 g/mol. The van der Waals surface area contributed by atoms with Gasteiger partial charge >= 0.3 is 0 Å². The predicted molar refractivity (Wildman–Crippen MR) is 90.5 cm³/mol. The minimum atomic E-state index is -0.478. The summed E-state index contributed by atoms with van der Waals surface area (Å²) in [6, 6.07) is 11.7. The van der Waals surface area contributed by atoms with Crippen LogP contribution < -0.4 is 15.5 Å². The third-order valence-electron chi connectivity index (χ3n) is 3.44. The Balaban J connectivity index is 1.92. The van der Waals surface area contributed by atoms with Gasteiger partial charge in [0.25, 0.3) is 5.91 Å². The summed E-state index contributed by atoms with van der Waals surface area (Å²) in [5, 5.41) is 3.62. The first-order valence-corrected chi connectivity index (χ1v) is 7.22. The molecule has 0 saturated carbocycles. The predicted octanol–water partition coefficient (Wildman–Crippen LogP) is 3.44. The molecule has 3 rings (SSSR count). The first kappa shape index (κ1) is 15.1. The van der Waals surface area contributed by atoms with Crippen LogP contribution in [0.4, 0.5) is 5.69 Å². The summed E-state index contributed by atoms with van der Waals surface area (Å²) in [4.78, 5) is 27.7. The SMILES string of the molecule is COc1ccc(NC(=O)c2c[nH]c3cc(Cl)ccc3c2=O)cc1. The van der Waals surface area contributed by atoms with E-state index in [0.29, 0.717) is 27.4 Å². The molecule has 0 aliphatic heterocycles. The number of hydrogen-bond donors (Lipinski definition) is 2. The summed E-state index contributed by atoms with van der Waals surface area (Å²) in [6.07, 6.45) is 1.39. The van der Waals surface area contributed by atoms with Gasteiger partial charge in [0.1, 0.15) is 11.3 Å². The Hall–Kier alpha value is -2.79. The molecule has 3 aromatic rings. The van der Waals surface area contributed by atoms with E-state index in [9.17, 15) is 9.59 Å². The molecule has 0 unspecified atom stereocenters. The van der Waals surface area contributed by atoms with E-state index < -0.39 is 5.91 Å². The second-order valence-corrected chi connectivity index (χ2v) is 5.34. The minimum Gasteiger partial charge on any atom is -0.497 e. The van der Waals surface area contributed by atoms with Crippen LogP contribution in [0.25, 0.3) is 10.9 Å². The van der Waals surface area contributed by atoms with E-state index in [1.54, 1.807) is 49.6 Å². The van der Waals surface area contributed by atoms with Crippen LogP contribution in [-0.2, 0) is 0 Å². The van der Waals surface area contributed by atoms with Gasteiger partial charge in [0, 0.05) is 22.3 Å². The third-order valence-corrected chi connectivity index (χ3v) is 3.67. The summed E-state index contributed by atoms with van der Waals surface area (Å²) in [6.45, 7) is 0. The van der Waals surface area contributed by atoms with E-state index in [-0.39, 0.29) is 11.0 Å². The van der Waals surface area contributed by atoms with Crippen molar-refractivity contribution in [2.45, 2.75) is 0 Å². The van der Waals surface area contributed by atoms with Crippen molar-refractivity contribution in [3.63, 3.8) is 0 Å². The molecule has 5 nitrogen and oxygen atoms in total. The highest BCUT2D eigenvalue weighted by Crippen LogP contribution is 2.17. The molecule has 23 heavy (non-hydrogen) atoms. The Morgan fingerprint density at radius 1 is 1.17 bits per heavy atom. The Bertz CT molecular complexity index is 933. The Morgan fingerprint density at radius 3 is 2.61 bits per heavy atom. The number of hydrogen-bond acceptors (Lipinski definition) is 3. The molecule has 0 atom stereocenters. The number of nitrogens with one attached hydrogen (secondary N) is 2. The number of amides is 1. The smallest absolute Gasteiger partial charge is 0.261 e. The molecule has 0 bridgehead atoms. The van der Waals surface area contributed by atoms with Crippen LogP contribution in [0.1, 0.15) is 10.4 Å². The number of pyridine rings is 1. The molecule has 2 N–H and O–H groups in total. The molecule has 2 aromatic carbocycles. The Labute approximate surface area is 136 Å². The van der Waals surface area contributed by atoms with Crippen molar-refractivity contribution in [3.05, 3.63) is 69.5 Å². The van der Waals surface area contributed by atoms with E-state index >= 15 is 0 Å². The van der Waals surface area contributed by atoms with Gasteiger partial charge in [-0.05, 0) is 42.5 Å². The first-order chi connectivity index (χ1) is 11.1. The van der Waals surface area contributed by atoms with E-state index in [1.807, 2.05) is 0 Å². The molecule has 0 radical (unpaired) electrons. The Kier molecular flexibility index (Phi) is 4.04. The fourth-order valence-electron chi connectivity index (χ4n) is 2.24. The molecule has 116 valence electrons. The van der Waals surface area contributed by atoms with E-state index in [0.717, 1.165) is 0 Å². The normalized spacial score (nSPS) is 10.5. The van der Waals surface area contributed by atoms with Crippen molar-refractivity contribution < 1.29 is 9.53 Å². The second kappa shape index (κ2) is 6.14. The number of rotatable bonds is 3. The number of ether oxygens (including phenoxy) is 1. The molecule has 0 fully saturated rings. The minimum absolute atomic E-state index is 0.0376. The number of aromatic nitrogens is 1. The maximum Gasteiger partial charge on any atom is 0.261 e. The van der Waals surface area contributed by atoms with Crippen LogP contribution in [-0.4, -0.2) is 18.0 Å². The van der Waals surface area contributed by atoms with Crippen LogP contribution in [0.3, 0.4) is 0 Å².